The fourth-order valence-corrected chi connectivity index (χ4v) is 4.21. The van der Waals surface area contributed by atoms with E-state index < -0.39 is 18.6 Å². The van der Waals surface area contributed by atoms with Crippen LogP contribution in [0.25, 0.3) is 0 Å². The number of nitrogens with zero attached hydrogens (tertiary/aromatic N) is 2. The third-order valence-electron chi connectivity index (χ3n) is 5.22. The van der Waals surface area contributed by atoms with Gasteiger partial charge >= 0.3 is 5.97 Å². The van der Waals surface area contributed by atoms with Gasteiger partial charge in [-0.2, -0.15) is 0 Å². The van der Waals surface area contributed by atoms with E-state index in [0.717, 1.165) is 5.56 Å². The Balaban J connectivity index is 1.93. The van der Waals surface area contributed by atoms with Crippen LogP contribution in [0.15, 0.2) is 42.5 Å². The first-order valence-electron chi connectivity index (χ1n) is 10.1. The Hall–Kier alpha value is -2.61. The van der Waals surface area contributed by atoms with Gasteiger partial charge in [-0.05, 0) is 30.2 Å². The zero-order chi connectivity index (χ0) is 23.4. The number of hydrogen-bond donors (Lipinski definition) is 1. The van der Waals surface area contributed by atoms with Crippen molar-refractivity contribution in [2.75, 3.05) is 31.1 Å². The molecule has 0 saturated carbocycles. The highest BCUT2D eigenvalue weighted by Crippen LogP contribution is 2.40. The molecule has 0 aromatic heterocycles. The molecule has 32 heavy (non-hydrogen) atoms. The van der Waals surface area contributed by atoms with Crippen LogP contribution in [0.2, 0.25) is 10.0 Å². The van der Waals surface area contributed by atoms with E-state index in [-0.39, 0.29) is 37.4 Å². The number of carboxylic acids is 1. The van der Waals surface area contributed by atoms with Gasteiger partial charge in [0.05, 0.1) is 0 Å². The van der Waals surface area contributed by atoms with E-state index in [1.165, 1.54) is 11.8 Å². The van der Waals surface area contributed by atoms with Crippen LogP contribution >= 0.6 is 23.2 Å². The van der Waals surface area contributed by atoms with Gasteiger partial charge in [-0.1, -0.05) is 48.3 Å². The molecule has 2 aromatic rings. The molecule has 2 atom stereocenters. The maximum absolute atomic E-state index is 13.0. The van der Waals surface area contributed by atoms with Crippen LogP contribution in [0.1, 0.15) is 31.1 Å². The lowest BCUT2D eigenvalue weighted by Crippen LogP contribution is -2.42. The molecule has 1 N–H and O–H groups in total. The largest absolute Gasteiger partial charge is 0.480 e. The van der Waals surface area contributed by atoms with Gasteiger partial charge in [0.2, 0.25) is 5.91 Å². The number of amides is 2. The number of carbonyl (C=O) groups is 3. The summed E-state index contributed by atoms with van der Waals surface area (Å²) in [4.78, 5) is 38.8. The molecule has 0 spiro atoms. The Bertz CT molecular complexity index is 1030. The number of benzene rings is 2. The second-order valence-electron chi connectivity index (χ2n) is 7.82. The van der Waals surface area contributed by atoms with Gasteiger partial charge in [0.1, 0.15) is 19.3 Å². The first-order chi connectivity index (χ1) is 15.2. The van der Waals surface area contributed by atoms with Gasteiger partial charge in [-0.3, -0.25) is 14.4 Å². The lowest BCUT2D eigenvalue weighted by Gasteiger charge is -2.29. The minimum Gasteiger partial charge on any atom is -0.480 e. The highest BCUT2D eigenvalue weighted by Gasteiger charge is 2.32. The Kier molecular flexibility index (Phi) is 7.77. The van der Waals surface area contributed by atoms with Crippen molar-refractivity contribution in [3.63, 3.8) is 0 Å². The topological polar surface area (TPSA) is 87.2 Å². The summed E-state index contributed by atoms with van der Waals surface area (Å²) in [5.74, 6) is -1.87. The summed E-state index contributed by atoms with van der Waals surface area (Å²) < 4.78 is 5.97. The van der Waals surface area contributed by atoms with Gasteiger partial charge in [-0.25, -0.2) is 0 Å². The van der Waals surface area contributed by atoms with Crippen LogP contribution < -0.4 is 4.90 Å². The smallest absolute Gasteiger partial charge is 0.323 e. The second kappa shape index (κ2) is 10.3. The SMILES string of the molecule is CC(=O)N(CC(=O)O)CC(C)CN1C(=O)COC(c2ccccc2Cl)c2cc(Cl)ccc21. The summed E-state index contributed by atoms with van der Waals surface area (Å²) >= 11 is 12.7. The standard InChI is InChI=1S/C23H24Cl2N2O5/c1-14(10-26(15(2)28)12-22(30)31)11-27-20-8-7-16(24)9-18(20)23(32-13-21(27)29)17-5-3-4-6-19(17)25/h3-9,14,23H,10-13H2,1-2H3,(H,30,31). The molecule has 9 heteroatoms. The molecule has 170 valence electrons. The molecule has 0 radical (unpaired) electrons. The van der Waals surface area contributed by atoms with Gasteiger partial charge < -0.3 is 19.6 Å². The van der Waals surface area contributed by atoms with E-state index in [4.69, 9.17) is 33.0 Å². The molecule has 0 aliphatic carbocycles. The number of halogens is 2. The maximum Gasteiger partial charge on any atom is 0.323 e. The van der Waals surface area contributed by atoms with Gasteiger partial charge in [-0.15, -0.1) is 0 Å². The van der Waals surface area contributed by atoms with Crippen molar-refractivity contribution in [2.24, 2.45) is 5.92 Å². The summed E-state index contributed by atoms with van der Waals surface area (Å²) in [6, 6.07) is 12.5. The molecule has 1 aliphatic rings. The van der Waals surface area contributed by atoms with E-state index in [9.17, 15) is 14.4 Å². The number of aliphatic carboxylic acids is 1. The van der Waals surface area contributed by atoms with E-state index in [2.05, 4.69) is 0 Å². The number of fused-ring (bicyclic) bond motifs is 1. The van der Waals surface area contributed by atoms with Crippen molar-refractivity contribution >= 4 is 46.7 Å². The quantitative estimate of drug-likeness (QED) is 0.649. The van der Waals surface area contributed by atoms with Crippen LogP contribution in [0.4, 0.5) is 5.69 Å². The zero-order valence-corrected chi connectivity index (χ0v) is 19.3. The van der Waals surface area contributed by atoms with Gasteiger partial charge in [0.15, 0.2) is 0 Å². The predicted octanol–water partition coefficient (Wildman–Crippen LogP) is 4.02. The zero-order valence-electron chi connectivity index (χ0n) is 17.8. The Labute approximate surface area is 196 Å². The van der Waals surface area contributed by atoms with Crippen LogP contribution in [-0.2, 0) is 19.1 Å². The van der Waals surface area contributed by atoms with Crippen molar-refractivity contribution < 1.29 is 24.2 Å². The molecule has 3 rings (SSSR count). The molecule has 1 heterocycles. The predicted molar refractivity (Wildman–Crippen MR) is 122 cm³/mol. The van der Waals surface area contributed by atoms with E-state index >= 15 is 0 Å². The average Bonchev–Trinajstić information content (AvgIpc) is 2.84. The summed E-state index contributed by atoms with van der Waals surface area (Å²) in [5.41, 5.74) is 2.07. The number of anilines is 1. The van der Waals surface area contributed by atoms with Crippen molar-refractivity contribution in [3.05, 3.63) is 63.6 Å². The van der Waals surface area contributed by atoms with Gasteiger partial charge in [0.25, 0.3) is 5.91 Å². The van der Waals surface area contributed by atoms with Crippen molar-refractivity contribution in [1.82, 2.24) is 4.90 Å². The number of carboxylic acid groups (broad SMARTS) is 1. The van der Waals surface area contributed by atoms with Crippen molar-refractivity contribution in [1.29, 1.82) is 0 Å². The summed E-state index contributed by atoms with van der Waals surface area (Å²) in [6.07, 6.45) is -0.581. The minimum absolute atomic E-state index is 0.166. The fourth-order valence-electron chi connectivity index (χ4n) is 3.80. The molecule has 0 fully saturated rings. The fraction of sp³-hybridized carbons (Fsp3) is 0.348. The molecule has 2 aromatic carbocycles. The summed E-state index contributed by atoms with van der Waals surface area (Å²) in [6.45, 7) is 3.10. The van der Waals surface area contributed by atoms with Crippen molar-refractivity contribution in [3.8, 4) is 0 Å². The Morgan fingerprint density at radius 1 is 1.22 bits per heavy atom. The van der Waals surface area contributed by atoms with Crippen LogP contribution in [-0.4, -0.2) is 54.0 Å². The van der Waals surface area contributed by atoms with Crippen molar-refractivity contribution in [2.45, 2.75) is 20.0 Å². The molecular weight excluding hydrogens is 455 g/mol. The average molecular weight is 479 g/mol. The third kappa shape index (κ3) is 5.59. The highest BCUT2D eigenvalue weighted by molar-refractivity contribution is 6.31. The third-order valence-corrected chi connectivity index (χ3v) is 5.80. The minimum atomic E-state index is -1.09. The second-order valence-corrected chi connectivity index (χ2v) is 8.66. The first kappa shape index (κ1) is 24.0. The lowest BCUT2D eigenvalue weighted by atomic mass is 9.98. The van der Waals surface area contributed by atoms with E-state index in [1.54, 1.807) is 29.2 Å². The maximum atomic E-state index is 13.0. The van der Waals surface area contributed by atoms with Crippen LogP contribution in [0.5, 0.6) is 0 Å². The van der Waals surface area contributed by atoms with E-state index in [0.29, 0.717) is 21.3 Å². The molecular formula is C23H24Cl2N2O5. The summed E-state index contributed by atoms with van der Waals surface area (Å²) in [7, 11) is 0. The molecule has 2 amide bonds. The van der Waals surface area contributed by atoms with Crippen LogP contribution in [0, 0.1) is 5.92 Å². The number of rotatable bonds is 7. The molecule has 2 unspecified atom stereocenters. The van der Waals surface area contributed by atoms with E-state index in [1.807, 2.05) is 25.1 Å². The first-order valence-corrected chi connectivity index (χ1v) is 10.9. The molecule has 0 bridgehead atoms. The Morgan fingerprint density at radius 2 is 1.94 bits per heavy atom. The molecule has 0 saturated heterocycles. The highest BCUT2D eigenvalue weighted by atomic mass is 35.5. The Morgan fingerprint density at radius 3 is 2.59 bits per heavy atom. The molecule has 7 nitrogen and oxygen atoms in total. The summed E-state index contributed by atoms with van der Waals surface area (Å²) in [5, 5.41) is 10.1. The number of ether oxygens (including phenoxy) is 1. The normalized spacial score (nSPS) is 16.8. The lowest BCUT2D eigenvalue weighted by molar-refractivity contribution is -0.144. The van der Waals surface area contributed by atoms with Gasteiger partial charge in [0, 0.05) is 46.9 Å². The number of carbonyl (C=O) groups excluding carboxylic acids is 2. The number of hydrogen-bond acceptors (Lipinski definition) is 4. The van der Waals surface area contributed by atoms with Crippen LogP contribution in [0.3, 0.4) is 0 Å². The molecule has 1 aliphatic heterocycles. The monoisotopic (exact) mass is 478 g/mol.